The van der Waals surface area contributed by atoms with Gasteiger partial charge in [-0.1, -0.05) is 30.3 Å². The molecule has 0 bridgehead atoms. The molecular weight excluding hydrogens is 387 g/mol. The fraction of sp³-hybridized carbons (Fsp3) is 0.368. The van der Waals surface area contributed by atoms with Gasteiger partial charge in [-0.05, 0) is 24.6 Å². The summed E-state index contributed by atoms with van der Waals surface area (Å²) in [7, 11) is 0. The number of ether oxygens (including phenoxy) is 1. The molecule has 1 saturated heterocycles. The second-order valence-electron chi connectivity index (χ2n) is 6.13. The normalized spacial score (nSPS) is 17.1. The van der Waals surface area contributed by atoms with Gasteiger partial charge in [0.15, 0.2) is 0 Å². The largest absolute Gasteiger partial charge is 0.490 e. The molecule has 2 heterocycles. The third-order valence-electron chi connectivity index (χ3n) is 4.33. The zero-order chi connectivity index (χ0) is 17.5. The Hall–Kier alpha value is -2.02. The number of pyridine rings is 1. The van der Waals surface area contributed by atoms with Gasteiger partial charge in [0, 0.05) is 25.8 Å². The highest BCUT2D eigenvalue weighted by atomic mass is 35.5. The van der Waals surface area contributed by atoms with Crippen LogP contribution in [0.15, 0.2) is 54.9 Å². The van der Waals surface area contributed by atoms with E-state index in [1.807, 2.05) is 54.3 Å². The maximum absolute atomic E-state index is 12.7. The van der Waals surface area contributed by atoms with Crippen LogP contribution >= 0.6 is 24.8 Å². The summed E-state index contributed by atoms with van der Waals surface area (Å²) in [5.41, 5.74) is 1.09. The smallest absolute Gasteiger partial charge is 0.318 e. The van der Waals surface area contributed by atoms with Crippen molar-refractivity contribution in [3.63, 3.8) is 0 Å². The number of halogens is 2. The molecule has 1 aliphatic rings. The average Bonchev–Trinajstić information content (AvgIpc) is 2.68. The van der Waals surface area contributed by atoms with E-state index in [0.717, 1.165) is 12.1 Å². The van der Waals surface area contributed by atoms with Gasteiger partial charge in [-0.15, -0.1) is 24.8 Å². The SMILES string of the molecule is C[C@H](NC(=O)N1CCNC[C@H]1COc1cccnc1)c1ccccc1.Cl.Cl. The molecular formula is C19H26Cl2N4O2. The number of nitrogens with zero attached hydrogens (tertiary/aromatic N) is 2. The molecule has 0 aliphatic carbocycles. The summed E-state index contributed by atoms with van der Waals surface area (Å²) in [6.45, 7) is 4.60. The summed E-state index contributed by atoms with van der Waals surface area (Å²) >= 11 is 0. The predicted octanol–water partition coefficient (Wildman–Crippen LogP) is 3.05. The van der Waals surface area contributed by atoms with E-state index >= 15 is 0 Å². The highest BCUT2D eigenvalue weighted by molar-refractivity contribution is 5.85. The van der Waals surface area contributed by atoms with Gasteiger partial charge in [0.05, 0.1) is 18.3 Å². The van der Waals surface area contributed by atoms with Crippen LogP contribution < -0.4 is 15.4 Å². The van der Waals surface area contributed by atoms with Crippen LogP contribution in [0.2, 0.25) is 0 Å². The average molecular weight is 413 g/mol. The molecule has 0 saturated carbocycles. The van der Waals surface area contributed by atoms with Crippen molar-refractivity contribution in [3.05, 3.63) is 60.4 Å². The molecule has 1 aromatic carbocycles. The molecule has 148 valence electrons. The van der Waals surface area contributed by atoms with E-state index in [1.54, 1.807) is 12.4 Å². The van der Waals surface area contributed by atoms with Gasteiger partial charge in [0.2, 0.25) is 0 Å². The summed E-state index contributed by atoms with van der Waals surface area (Å²) in [6.07, 6.45) is 3.39. The first kappa shape index (κ1) is 23.0. The molecule has 2 N–H and O–H groups in total. The third-order valence-corrected chi connectivity index (χ3v) is 4.33. The summed E-state index contributed by atoms with van der Waals surface area (Å²) in [4.78, 5) is 18.6. The molecule has 1 aliphatic heterocycles. The van der Waals surface area contributed by atoms with Crippen molar-refractivity contribution in [3.8, 4) is 5.75 Å². The fourth-order valence-corrected chi connectivity index (χ4v) is 2.90. The monoisotopic (exact) mass is 412 g/mol. The minimum atomic E-state index is -0.0577. The van der Waals surface area contributed by atoms with E-state index in [9.17, 15) is 4.79 Å². The summed E-state index contributed by atoms with van der Waals surface area (Å²) in [5, 5.41) is 6.41. The Balaban J connectivity index is 0.00000182. The van der Waals surface area contributed by atoms with Crippen molar-refractivity contribution in [2.24, 2.45) is 0 Å². The molecule has 27 heavy (non-hydrogen) atoms. The Labute approximate surface area is 172 Å². The number of carbonyl (C=O) groups excluding carboxylic acids is 1. The van der Waals surface area contributed by atoms with Crippen molar-refractivity contribution in [2.45, 2.75) is 19.0 Å². The minimum absolute atomic E-state index is 0. The van der Waals surface area contributed by atoms with Crippen LogP contribution in [-0.4, -0.2) is 48.2 Å². The highest BCUT2D eigenvalue weighted by Gasteiger charge is 2.28. The second kappa shape index (κ2) is 11.6. The molecule has 2 amide bonds. The maximum Gasteiger partial charge on any atom is 0.318 e. The molecule has 2 atom stereocenters. The van der Waals surface area contributed by atoms with Gasteiger partial charge in [0.1, 0.15) is 12.4 Å². The number of nitrogens with one attached hydrogen (secondary N) is 2. The Bertz CT molecular complexity index is 676. The molecule has 2 aromatic rings. The Kier molecular flexibility index (Phi) is 9.93. The molecule has 8 heteroatoms. The van der Waals surface area contributed by atoms with Crippen LogP contribution in [0.25, 0.3) is 0 Å². The van der Waals surface area contributed by atoms with Crippen LogP contribution in [0, 0.1) is 0 Å². The first-order valence-corrected chi connectivity index (χ1v) is 8.59. The lowest BCUT2D eigenvalue weighted by Gasteiger charge is -2.36. The maximum atomic E-state index is 12.7. The minimum Gasteiger partial charge on any atom is -0.490 e. The molecule has 0 radical (unpaired) electrons. The predicted molar refractivity (Wildman–Crippen MR) is 111 cm³/mol. The van der Waals surface area contributed by atoms with Crippen LogP contribution in [0.5, 0.6) is 5.75 Å². The topological polar surface area (TPSA) is 66.5 Å². The van der Waals surface area contributed by atoms with E-state index in [0.29, 0.717) is 25.4 Å². The number of piperazine rings is 1. The third kappa shape index (κ3) is 6.57. The van der Waals surface area contributed by atoms with E-state index < -0.39 is 0 Å². The lowest BCUT2D eigenvalue weighted by atomic mass is 10.1. The van der Waals surface area contributed by atoms with Crippen molar-refractivity contribution >= 4 is 30.8 Å². The standard InChI is InChI=1S/C19H24N4O2.2ClH/c1-15(16-6-3-2-4-7-16)22-19(24)23-11-10-21-12-17(23)14-25-18-8-5-9-20-13-18;;/h2-9,13,15,17,21H,10-12,14H2,1H3,(H,22,24);2*1H/t15-,17-;;/m0../s1. The number of hydrogen-bond acceptors (Lipinski definition) is 4. The lowest BCUT2D eigenvalue weighted by molar-refractivity contribution is 0.122. The van der Waals surface area contributed by atoms with Crippen molar-refractivity contribution in [2.75, 3.05) is 26.2 Å². The number of amides is 2. The van der Waals surface area contributed by atoms with Gasteiger partial charge in [-0.2, -0.15) is 0 Å². The van der Waals surface area contributed by atoms with E-state index in [-0.39, 0.29) is 42.9 Å². The van der Waals surface area contributed by atoms with Gasteiger partial charge in [0.25, 0.3) is 0 Å². The molecule has 3 rings (SSSR count). The zero-order valence-corrected chi connectivity index (χ0v) is 16.8. The first-order valence-electron chi connectivity index (χ1n) is 8.59. The fourth-order valence-electron chi connectivity index (χ4n) is 2.90. The quantitative estimate of drug-likeness (QED) is 0.791. The van der Waals surface area contributed by atoms with Crippen LogP contribution in [0.1, 0.15) is 18.5 Å². The first-order chi connectivity index (χ1) is 12.2. The molecule has 0 unspecified atom stereocenters. The molecule has 6 nitrogen and oxygen atoms in total. The lowest BCUT2D eigenvalue weighted by Crippen LogP contribution is -2.58. The number of carbonyl (C=O) groups is 1. The van der Waals surface area contributed by atoms with Gasteiger partial charge in [-0.3, -0.25) is 4.98 Å². The zero-order valence-electron chi connectivity index (χ0n) is 15.2. The summed E-state index contributed by atoms with van der Waals surface area (Å²) in [6, 6.07) is 13.6. The van der Waals surface area contributed by atoms with Crippen molar-refractivity contribution in [1.82, 2.24) is 20.5 Å². The Morgan fingerprint density at radius 2 is 2.07 bits per heavy atom. The number of hydrogen-bond donors (Lipinski definition) is 2. The van der Waals surface area contributed by atoms with Gasteiger partial charge < -0.3 is 20.3 Å². The van der Waals surface area contributed by atoms with Crippen molar-refractivity contribution < 1.29 is 9.53 Å². The van der Waals surface area contributed by atoms with E-state index in [1.165, 1.54) is 0 Å². The molecule has 1 fully saturated rings. The number of aromatic nitrogens is 1. The van der Waals surface area contributed by atoms with E-state index in [4.69, 9.17) is 4.74 Å². The van der Waals surface area contributed by atoms with Crippen molar-refractivity contribution in [1.29, 1.82) is 0 Å². The van der Waals surface area contributed by atoms with E-state index in [2.05, 4.69) is 15.6 Å². The van der Waals surface area contributed by atoms with Gasteiger partial charge >= 0.3 is 6.03 Å². The van der Waals surface area contributed by atoms with Crippen LogP contribution in [0.3, 0.4) is 0 Å². The number of rotatable bonds is 5. The Morgan fingerprint density at radius 1 is 1.30 bits per heavy atom. The van der Waals surface area contributed by atoms with Crippen LogP contribution in [-0.2, 0) is 0 Å². The second-order valence-corrected chi connectivity index (χ2v) is 6.13. The van der Waals surface area contributed by atoms with Crippen LogP contribution in [0.4, 0.5) is 4.79 Å². The summed E-state index contributed by atoms with van der Waals surface area (Å²) < 4.78 is 5.79. The highest BCUT2D eigenvalue weighted by Crippen LogP contribution is 2.14. The number of benzene rings is 1. The summed E-state index contributed by atoms with van der Waals surface area (Å²) in [5.74, 6) is 0.714. The molecule has 0 spiro atoms. The number of urea groups is 1. The van der Waals surface area contributed by atoms with Gasteiger partial charge in [-0.25, -0.2) is 4.79 Å². The Morgan fingerprint density at radius 3 is 2.78 bits per heavy atom. The molecule has 1 aromatic heterocycles.